The number of phenolic OH excluding ortho intramolecular Hbond substituents is 1. The van der Waals surface area contributed by atoms with Gasteiger partial charge < -0.3 is 56.0 Å². The van der Waals surface area contributed by atoms with Crippen molar-refractivity contribution < 1.29 is 85.6 Å². The second kappa shape index (κ2) is 19.1. The van der Waals surface area contributed by atoms with Crippen molar-refractivity contribution in [3.05, 3.63) is 42.5 Å². The quantitative estimate of drug-likeness (QED) is 0.0513. The van der Waals surface area contributed by atoms with Crippen LogP contribution in [0.25, 0.3) is 11.2 Å². The van der Waals surface area contributed by atoms with Crippen molar-refractivity contribution in [2.45, 2.75) is 50.9 Å². The summed E-state index contributed by atoms with van der Waals surface area (Å²) in [5.74, 6) is -1.27. The predicted molar refractivity (Wildman–Crippen MR) is 195 cm³/mol. The number of nitrogen functional groups attached to an aromatic ring is 1. The number of aliphatic hydroxyl groups is 2. The maximum atomic E-state index is 12.7. The fourth-order valence-corrected chi connectivity index (χ4v) is 8.48. The largest absolute Gasteiger partial charge is 0.508 e. The highest BCUT2D eigenvalue weighted by molar-refractivity contribution is 8.14. The van der Waals surface area contributed by atoms with Gasteiger partial charge in [-0.3, -0.25) is 32.5 Å². The molecule has 1 aliphatic heterocycles. The monoisotopic (exact) mass is 887 g/mol. The number of aromatic nitrogens is 4. The third kappa shape index (κ3) is 13.3. The maximum Gasteiger partial charge on any atom is 0.481 e. The Morgan fingerprint density at radius 3 is 2.35 bits per heavy atom. The van der Waals surface area contributed by atoms with Crippen LogP contribution < -0.4 is 16.4 Å². The van der Waals surface area contributed by atoms with E-state index in [4.69, 9.17) is 19.5 Å². The van der Waals surface area contributed by atoms with Crippen molar-refractivity contribution in [3.63, 3.8) is 0 Å². The molecular formula is C28H40N7O18P3S. The summed E-state index contributed by atoms with van der Waals surface area (Å²) in [4.78, 5) is 87.8. The number of phosphoric acid groups is 3. The zero-order valence-corrected chi connectivity index (χ0v) is 33.3. The molecule has 2 unspecified atom stereocenters. The summed E-state index contributed by atoms with van der Waals surface area (Å²) in [6.45, 7) is 0.331. The summed E-state index contributed by atoms with van der Waals surface area (Å²) < 4.78 is 62.1. The van der Waals surface area contributed by atoms with Gasteiger partial charge in [0, 0.05) is 36.2 Å². The zero-order valence-electron chi connectivity index (χ0n) is 29.8. The second-order valence-corrected chi connectivity index (χ2v) is 18.1. The lowest BCUT2D eigenvalue weighted by molar-refractivity contribution is -0.137. The smallest absolute Gasteiger partial charge is 0.481 e. The first-order valence-corrected chi connectivity index (χ1v) is 21.8. The molecule has 11 N–H and O–H groups in total. The Labute approximate surface area is 326 Å². The van der Waals surface area contributed by atoms with Gasteiger partial charge in [0.25, 0.3) is 0 Å². The summed E-state index contributed by atoms with van der Waals surface area (Å²) in [7, 11) is -16.4. The van der Waals surface area contributed by atoms with Gasteiger partial charge in [0.2, 0.25) is 16.9 Å². The van der Waals surface area contributed by atoms with E-state index in [9.17, 15) is 63.0 Å². The number of phenols is 1. The number of carbonyl (C=O) groups excluding carboxylic acids is 3. The van der Waals surface area contributed by atoms with Crippen molar-refractivity contribution in [1.29, 1.82) is 0 Å². The van der Waals surface area contributed by atoms with Gasteiger partial charge in [0.15, 0.2) is 17.7 Å². The molecule has 0 spiro atoms. The Kier molecular flexibility index (Phi) is 15.5. The number of aliphatic hydroxyl groups excluding tert-OH is 2. The summed E-state index contributed by atoms with van der Waals surface area (Å²) in [5.41, 5.74) is 4.60. The number of ether oxygens (including phenoxy) is 1. The number of rotatable bonds is 20. The van der Waals surface area contributed by atoms with Gasteiger partial charge in [-0.05, 0) is 24.3 Å². The Balaban J connectivity index is 1.23. The molecule has 316 valence electrons. The summed E-state index contributed by atoms with van der Waals surface area (Å²) in [6, 6.07) is 5.65. The van der Waals surface area contributed by atoms with E-state index in [1.807, 2.05) is 0 Å². The molecular weight excluding hydrogens is 847 g/mol. The molecule has 3 aromatic rings. The lowest BCUT2D eigenvalue weighted by atomic mass is 9.87. The molecule has 1 fully saturated rings. The number of benzene rings is 1. The van der Waals surface area contributed by atoms with E-state index in [0.29, 0.717) is 5.56 Å². The molecule has 1 aliphatic rings. The minimum atomic E-state index is -5.58. The molecule has 0 aliphatic carbocycles. The first-order chi connectivity index (χ1) is 26.5. The maximum absolute atomic E-state index is 12.7. The molecule has 3 heterocycles. The fraction of sp³-hybridized carbons (Fsp3) is 0.500. The molecule has 1 saturated heterocycles. The van der Waals surface area contributed by atoms with Crippen LogP contribution in [0, 0.1) is 5.41 Å². The normalized spacial score (nSPS) is 21.4. The van der Waals surface area contributed by atoms with Gasteiger partial charge in [-0.2, -0.15) is 4.31 Å². The number of nitrogens with zero attached hydrogens (tertiary/aromatic N) is 4. The first-order valence-electron chi connectivity index (χ1n) is 16.3. The highest BCUT2D eigenvalue weighted by Crippen LogP contribution is 2.61. The van der Waals surface area contributed by atoms with Crippen LogP contribution in [0.1, 0.15) is 36.9 Å². The van der Waals surface area contributed by atoms with Crippen LogP contribution in [0.3, 0.4) is 0 Å². The number of imidazole rings is 1. The van der Waals surface area contributed by atoms with E-state index in [-0.39, 0.29) is 53.1 Å². The van der Waals surface area contributed by atoms with E-state index >= 15 is 0 Å². The van der Waals surface area contributed by atoms with Crippen molar-refractivity contribution in [2.24, 2.45) is 5.41 Å². The fourth-order valence-electron chi connectivity index (χ4n) is 4.95. The van der Waals surface area contributed by atoms with Gasteiger partial charge in [0.05, 0.1) is 19.5 Å². The van der Waals surface area contributed by atoms with Gasteiger partial charge in [0.1, 0.15) is 42.0 Å². The van der Waals surface area contributed by atoms with Crippen LogP contribution in [0.15, 0.2) is 36.9 Å². The third-order valence-corrected chi connectivity index (χ3v) is 11.8. The first kappa shape index (κ1) is 46.3. The standard InChI is InChI=1S/C28H40N7O18P3S/c1-28(2,22(39)25(40)31-8-7-18(37)30-9-10-57-27(41)15-3-5-16(36)6-4-15)12-50-56(47,48)53-55(45,46)49-11-17-21(52-54(42,43)44)20(38)26(51-17)35-14-34-19-23(29)32-13-33-24(19)35/h3-6,13-14,17,20-22,26,36,38-39H,7-12H2,1-2H3,(H,30,37)(H,31,40)(H,45,46)(H,47,48)(H2,29,32,33)(H2,42,43,44)/t17-,20-,21-,22+,26-/m1/s1. The van der Waals surface area contributed by atoms with Crippen molar-refractivity contribution in [3.8, 4) is 5.75 Å². The van der Waals surface area contributed by atoms with Crippen molar-refractivity contribution in [2.75, 3.05) is 37.8 Å². The van der Waals surface area contributed by atoms with Crippen LogP contribution in [0.5, 0.6) is 5.75 Å². The predicted octanol–water partition coefficient (Wildman–Crippen LogP) is -0.316. The van der Waals surface area contributed by atoms with Crippen molar-refractivity contribution in [1.82, 2.24) is 30.2 Å². The minimum absolute atomic E-state index is 0.0119. The molecule has 29 heteroatoms. The zero-order chi connectivity index (χ0) is 42.3. The van der Waals surface area contributed by atoms with E-state index < -0.39 is 84.6 Å². The van der Waals surface area contributed by atoms with E-state index in [1.54, 1.807) is 0 Å². The molecule has 2 aromatic heterocycles. The number of anilines is 1. The molecule has 57 heavy (non-hydrogen) atoms. The third-order valence-electron chi connectivity index (χ3n) is 7.84. The topological polar surface area (TPSA) is 384 Å². The van der Waals surface area contributed by atoms with E-state index in [0.717, 1.165) is 29.0 Å². The minimum Gasteiger partial charge on any atom is -0.508 e. The molecule has 7 atom stereocenters. The molecule has 2 amide bonds. The number of thioether (sulfide) groups is 1. The lowest BCUT2D eigenvalue weighted by Gasteiger charge is -2.30. The number of nitrogens with one attached hydrogen (secondary N) is 2. The van der Waals surface area contributed by atoms with Crippen LogP contribution >= 0.6 is 35.2 Å². The van der Waals surface area contributed by atoms with Gasteiger partial charge in [-0.1, -0.05) is 25.6 Å². The summed E-state index contributed by atoms with van der Waals surface area (Å²) in [6.07, 6.45) is -7.02. The molecule has 4 rings (SSSR count). The molecule has 0 saturated carbocycles. The lowest BCUT2D eigenvalue weighted by Crippen LogP contribution is -2.46. The van der Waals surface area contributed by atoms with Crippen LogP contribution in [0.4, 0.5) is 5.82 Å². The average Bonchev–Trinajstić information content (AvgIpc) is 3.68. The van der Waals surface area contributed by atoms with E-state index in [2.05, 4.69) is 34.4 Å². The Morgan fingerprint density at radius 2 is 1.68 bits per heavy atom. The number of hydrogen-bond donors (Lipinski definition) is 10. The number of phosphoric ester groups is 3. The van der Waals surface area contributed by atoms with Crippen LogP contribution in [-0.2, 0) is 45.9 Å². The number of nitrogens with two attached hydrogens (primary N) is 1. The average molecular weight is 888 g/mol. The Hall–Kier alpha value is -3.42. The molecule has 0 radical (unpaired) electrons. The number of amides is 2. The van der Waals surface area contributed by atoms with Gasteiger partial charge in [-0.15, -0.1) is 0 Å². The highest BCUT2D eigenvalue weighted by Gasteiger charge is 2.50. The molecule has 0 bridgehead atoms. The molecule has 25 nitrogen and oxygen atoms in total. The highest BCUT2D eigenvalue weighted by atomic mass is 32.2. The SMILES string of the molecule is CC(C)(COP(=O)(O)OP(=O)(O)OC[C@H]1O[C@@H](n2cnc3c(N)ncnc32)[C@H](O)[C@@H]1OP(=O)(O)O)[C@@H](O)C(=O)NCCC(=O)NCCSC(=O)c1ccc(O)cc1. The van der Waals surface area contributed by atoms with Crippen molar-refractivity contribution >= 4 is 69.1 Å². The Morgan fingerprint density at radius 1 is 1.02 bits per heavy atom. The van der Waals surface area contributed by atoms with Gasteiger partial charge >= 0.3 is 23.5 Å². The Bertz CT molecular complexity index is 2050. The number of fused-ring (bicyclic) bond motifs is 1. The molecule has 1 aromatic carbocycles. The number of hydrogen-bond acceptors (Lipinski definition) is 19. The summed E-state index contributed by atoms with van der Waals surface area (Å²) >= 11 is 0.948. The second-order valence-electron chi connectivity index (χ2n) is 12.8. The van der Waals surface area contributed by atoms with Crippen LogP contribution in [-0.4, -0.2) is 128 Å². The number of carbonyl (C=O) groups is 3. The van der Waals surface area contributed by atoms with E-state index in [1.165, 1.54) is 38.1 Å². The van der Waals surface area contributed by atoms with Crippen LogP contribution in [0.2, 0.25) is 0 Å². The number of aromatic hydroxyl groups is 1. The summed E-state index contributed by atoms with van der Waals surface area (Å²) in [5, 5.41) is 35.4. The van der Waals surface area contributed by atoms with Gasteiger partial charge in [-0.25, -0.2) is 28.6 Å².